The van der Waals surface area contributed by atoms with Crippen LogP contribution < -0.4 is 14.8 Å². The summed E-state index contributed by atoms with van der Waals surface area (Å²) in [5, 5.41) is 11.9. The van der Waals surface area contributed by atoms with Gasteiger partial charge in [-0.1, -0.05) is 17.4 Å². The summed E-state index contributed by atoms with van der Waals surface area (Å²) in [5.74, 6) is 1.50. The van der Waals surface area contributed by atoms with Crippen molar-refractivity contribution in [3.05, 3.63) is 29.3 Å². The molecule has 0 aliphatic carbocycles. The van der Waals surface area contributed by atoms with Crippen LogP contribution in [0.25, 0.3) is 0 Å². The molecular weight excluding hydrogens is 262 g/mol. The zero-order valence-corrected chi connectivity index (χ0v) is 12.0. The van der Waals surface area contributed by atoms with Gasteiger partial charge in [-0.3, -0.25) is 0 Å². The van der Waals surface area contributed by atoms with Crippen molar-refractivity contribution < 1.29 is 9.47 Å². The van der Waals surface area contributed by atoms with Crippen LogP contribution in [0.15, 0.2) is 23.7 Å². The number of anilines is 1. The minimum Gasteiger partial charge on any atom is -0.493 e. The maximum atomic E-state index is 5.30. The molecule has 6 heteroatoms. The van der Waals surface area contributed by atoms with Crippen molar-refractivity contribution in [3.8, 4) is 11.5 Å². The van der Waals surface area contributed by atoms with Gasteiger partial charge in [0, 0.05) is 6.04 Å². The van der Waals surface area contributed by atoms with Gasteiger partial charge in [0.2, 0.25) is 5.13 Å². The second kappa shape index (κ2) is 6.38. The van der Waals surface area contributed by atoms with Crippen LogP contribution in [0.2, 0.25) is 0 Å². The standard InChI is InChI=1S/C13H17N3O2S/c1-9(15-13-16-14-8-19-13)6-10-4-5-11(17-2)12(7-10)18-3/h4-5,7-9H,6H2,1-3H3,(H,15,16). The fourth-order valence-electron chi connectivity index (χ4n) is 1.86. The average molecular weight is 279 g/mol. The first kappa shape index (κ1) is 13.6. The summed E-state index contributed by atoms with van der Waals surface area (Å²) in [6.07, 6.45) is 0.875. The van der Waals surface area contributed by atoms with Gasteiger partial charge in [0.05, 0.1) is 14.2 Å². The molecule has 0 fully saturated rings. The Hall–Kier alpha value is -1.82. The van der Waals surface area contributed by atoms with E-state index in [-0.39, 0.29) is 6.04 Å². The topological polar surface area (TPSA) is 56.3 Å². The molecule has 1 N–H and O–H groups in total. The molecule has 0 radical (unpaired) electrons. The predicted octanol–water partition coefficient (Wildman–Crippen LogP) is 2.60. The van der Waals surface area contributed by atoms with Crippen molar-refractivity contribution in [2.75, 3.05) is 19.5 Å². The zero-order valence-electron chi connectivity index (χ0n) is 11.2. The van der Waals surface area contributed by atoms with Gasteiger partial charge in [-0.25, -0.2) is 0 Å². The van der Waals surface area contributed by atoms with E-state index in [4.69, 9.17) is 9.47 Å². The largest absolute Gasteiger partial charge is 0.493 e. The monoisotopic (exact) mass is 279 g/mol. The lowest BCUT2D eigenvalue weighted by Gasteiger charge is -2.14. The Morgan fingerprint density at radius 1 is 1.26 bits per heavy atom. The third-order valence-electron chi connectivity index (χ3n) is 2.72. The Kier molecular flexibility index (Phi) is 4.57. The third-order valence-corrected chi connectivity index (χ3v) is 3.34. The van der Waals surface area contributed by atoms with Crippen LogP contribution in [0.4, 0.5) is 5.13 Å². The van der Waals surface area contributed by atoms with Gasteiger partial charge in [-0.2, -0.15) is 0 Å². The molecule has 19 heavy (non-hydrogen) atoms. The van der Waals surface area contributed by atoms with Crippen molar-refractivity contribution in [3.63, 3.8) is 0 Å². The van der Waals surface area contributed by atoms with E-state index < -0.39 is 0 Å². The van der Waals surface area contributed by atoms with Gasteiger partial charge >= 0.3 is 0 Å². The molecule has 1 aromatic heterocycles. The lowest BCUT2D eigenvalue weighted by Crippen LogP contribution is -2.18. The maximum absolute atomic E-state index is 5.30. The fraction of sp³-hybridized carbons (Fsp3) is 0.385. The first-order chi connectivity index (χ1) is 9.22. The molecule has 1 heterocycles. The van der Waals surface area contributed by atoms with Crippen molar-refractivity contribution in [1.82, 2.24) is 10.2 Å². The predicted molar refractivity (Wildman–Crippen MR) is 76.2 cm³/mol. The molecule has 5 nitrogen and oxygen atoms in total. The second-order valence-corrected chi connectivity index (χ2v) is 5.02. The summed E-state index contributed by atoms with van der Waals surface area (Å²) < 4.78 is 10.5. The highest BCUT2D eigenvalue weighted by Gasteiger charge is 2.09. The number of aromatic nitrogens is 2. The number of methoxy groups -OCH3 is 2. The zero-order chi connectivity index (χ0) is 13.7. The molecule has 2 rings (SSSR count). The van der Waals surface area contributed by atoms with Gasteiger partial charge in [-0.05, 0) is 31.0 Å². The van der Waals surface area contributed by atoms with Crippen molar-refractivity contribution in [2.24, 2.45) is 0 Å². The Labute approximate surface area is 116 Å². The lowest BCUT2D eigenvalue weighted by molar-refractivity contribution is 0.354. The minimum atomic E-state index is 0.269. The molecule has 2 aromatic rings. The van der Waals surface area contributed by atoms with E-state index in [0.29, 0.717) is 0 Å². The first-order valence-corrected chi connectivity index (χ1v) is 6.84. The minimum absolute atomic E-state index is 0.269. The highest BCUT2D eigenvalue weighted by Crippen LogP contribution is 2.28. The van der Waals surface area contributed by atoms with Crippen molar-refractivity contribution in [2.45, 2.75) is 19.4 Å². The molecule has 1 unspecified atom stereocenters. The number of nitrogens with zero attached hydrogens (tertiary/aromatic N) is 2. The van der Waals surface area contributed by atoms with Crippen LogP contribution in [0, 0.1) is 0 Å². The second-order valence-electron chi connectivity index (χ2n) is 4.18. The number of hydrogen-bond donors (Lipinski definition) is 1. The maximum Gasteiger partial charge on any atom is 0.205 e. The van der Waals surface area contributed by atoms with E-state index >= 15 is 0 Å². The SMILES string of the molecule is COc1ccc(CC(C)Nc2nncs2)cc1OC. The molecule has 0 aliphatic heterocycles. The summed E-state index contributed by atoms with van der Waals surface area (Å²) in [4.78, 5) is 0. The lowest BCUT2D eigenvalue weighted by atomic mass is 10.1. The van der Waals surface area contributed by atoms with Gasteiger partial charge in [-0.15, -0.1) is 10.2 Å². The quantitative estimate of drug-likeness (QED) is 0.881. The molecule has 0 saturated carbocycles. The fourth-order valence-corrected chi connectivity index (χ4v) is 2.42. The third kappa shape index (κ3) is 3.57. The smallest absolute Gasteiger partial charge is 0.205 e. The van der Waals surface area contributed by atoms with Gasteiger partial charge < -0.3 is 14.8 Å². The Balaban J connectivity index is 2.02. The Morgan fingerprint density at radius 3 is 2.68 bits per heavy atom. The van der Waals surface area contributed by atoms with E-state index in [1.54, 1.807) is 19.7 Å². The number of nitrogens with one attached hydrogen (secondary N) is 1. The molecule has 0 aliphatic rings. The van der Waals surface area contributed by atoms with Crippen LogP contribution in [0.1, 0.15) is 12.5 Å². The van der Waals surface area contributed by atoms with Gasteiger partial charge in [0.15, 0.2) is 11.5 Å². The molecule has 1 atom stereocenters. The van der Waals surface area contributed by atoms with E-state index in [1.807, 2.05) is 18.2 Å². The van der Waals surface area contributed by atoms with Gasteiger partial charge in [0.1, 0.15) is 5.51 Å². The molecule has 0 bridgehead atoms. The number of rotatable bonds is 6. The van der Waals surface area contributed by atoms with Crippen molar-refractivity contribution >= 4 is 16.5 Å². The Bertz CT molecular complexity index is 517. The average Bonchev–Trinajstić information content (AvgIpc) is 2.91. The number of benzene rings is 1. The molecule has 0 spiro atoms. The molecule has 1 aromatic carbocycles. The van der Waals surface area contributed by atoms with E-state index in [2.05, 4.69) is 22.4 Å². The molecule has 102 valence electrons. The summed E-state index contributed by atoms with van der Waals surface area (Å²) in [5.41, 5.74) is 2.90. The Morgan fingerprint density at radius 2 is 2.05 bits per heavy atom. The first-order valence-electron chi connectivity index (χ1n) is 5.96. The van der Waals surface area contributed by atoms with Crippen LogP contribution in [-0.2, 0) is 6.42 Å². The normalized spacial score (nSPS) is 11.9. The highest BCUT2D eigenvalue weighted by atomic mass is 32.1. The van der Waals surface area contributed by atoms with Crippen molar-refractivity contribution in [1.29, 1.82) is 0 Å². The van der Waals surface area contributed by atoms with Gasteiger partial charge in [0.25, 0.3) is 0 Å². The van der Waals surface area contributed by atoms with E-state index in [9.17, 15) is 0 Å². The van der Waals surface area contributed by atoms with Crippen LogP contribution in [-0.4, -0.2) is 30.5 Å². The molecular formula is C13H17N3O2S. The molecule has 0 amide bonds. The van der Waals surface area contributed by atoms with Crippen LogP contribution >= 0.6 is 11.3 Å². The highest BCUT2D eigenvalue weighted by molar-refractivity contribution is 7.13. The van der Waals surface area contributed by atoms with Crippen LogP contribution in [0.3, 0.4) is 0 Å². The summed E-state index contributed by atoms with van der Waals surface area (Å²) in [7, 11) is 3.28. The van der Waals surface area contributed by atoms with E-state index in [0.717, 1.165) is 23.1 Å². The van der Waals surface area contributed by atoms with Crippen LogP contribution in [0.5, 0.6) is 11.5 Å². The summed E-state index contributed by atoms with van der Waals surface area (Å²) in [6, 6.07) is 6.23. The molecule has 0 saturated heterocycles. The number of hydrogen-bond acceptors (Lipinski definition) is 6. The summed E-state index contributed by atoms with van der Waals surface area (Å²) in [6.45, 7) is 2.11. The number of ether oxygens (including phenoxy) is 2. The summed E-state index contributed by atoms with van der Waals surface area (Å²) >= 11 is 1.50. The van der Waals surface area contributed by atoms with E-state index in [1.165, 1.54) is 16.9 Å².